The van der Waals surface area contributed by atoms with Crippen molar-refractivity contribution in [3.05, 3.63) is 90.1 Å². The highest BCUT2D eigenvalue weighted by atomic mass is 16.6. The molecule has 5 heteroatoms. The average molecular weight is 399 g/mol. The second kappa shape index (κ2) is 8.66. The Morgan fingerprint density at radius 3 is 2.63 bits per heavy atom. The second-order valence-electron chi connectivity index (χ2n) is 6.64. The molecule has 1 heterocycles. The number of hydrogen-bond acceptors (Lipinski definition) is 5. The van der Waals surface area contributed by atoms with Crippen LogP contribution in [0.1, 0.15) is 18.1 Å². The van der Waals surface area contributed by atoms with Crippen LogP contribution >= 0.6 is 0 Å². The Balaban J connectivity index is 1.64. The van der Waals surface area contributed by atoms with Crippen molar-refractivity contribution in [2.75, 3.05) is 13.2 Å². The lowest BCUT2D eigenvalue weighted by Gasteiger charge is -2.11. The minimum absolute atomic E-state index is 0.236. The Morgan fingerprint density at radius 2 is 1.83 bits per heavy atom. The van der Waals surface area contributed by atoms with Crippen molar-refractivity contribution in [3.63, 3.8) is 0 Å². The van der Waals surface area contributed by atoms with Crippen molar-refractivity contribution >= 4 is 28.7 Å². The number of nitrogens with zero attached hydrogens (tertiary/aromatic N) is 1. The Kier molecular flexibility index (Phi) is 5.61. The first kappa shape index (κ1) is 19.5. The van der Waals surface area contributed by atoms with Gasteiger partial charge >= 0.3 is 5.97 Å². The van der Waals surface area contributed by atoms with E-state index in [2.05, 4.69) is 11.6 Å². The van der Waals surface area contributed by atoms with Gasteiger partial charge in [0.2, 0.25) is 5.90 Å². The maximum atomic E-state index is 12.4. The fraction of sp³-hybridized carbons (Fsp3) is 0.120. The first-order chi connectivity index (χ1) is 14.7. The van der Waals surface area contributed by atoms with Crippen molar-refractivity contribution < 1.29 is 19.0 Å². The summed E-state index contributed by atoms with van der Waals surface area (Å²) in [6.45, 7) is 6.43. The van der Waals surface area contributed by atoms with Gasteiger partial charge in [0.05, 0.1) is 6.61 Å². The number of aliphatic imine (C=N–C) groups is 1. The van der Waals surface area contributed by atoms with Gasteiger partial charge in [0, 0.05) is 5.56 Å². The molecular formula is C25H21NO4. The van der Waals surface area contributed by atoms with Gasteiger partial charge in [0.15, 0.2) is 17.2 Å². The quantitative estimate of drug-likeness (QED) is 0.313. The van der Waals surface area contributed by atoms with Gasteiger partial charge in [-0.25, -0.2) is 9.79 Å². The summed E-state index contributed by atoms with van der Waals surface area (Å²) in [7, 11) is 0. The maximum Gasteiger partial charge on any atom is 0.363 e. The molecular weight excluding hydrogens is 378 g/mol. The predicted octanol–water partition coefficient (Wildman–Crippen LogP) is 5.15. The van der Waals surface area contributed by atoms with Gasteiger partial charge in [-0.2, -0.15) is 0 Å². The molecule has 3 aromatic carbocycles. The Bertz CT molecular complexity index is 1180. The number of carbonyl (C=O) groups is 1. The van der Waals surface area contributed by atoms with Gasteiger partial charge in [-0.05, 0) is 53.6 Å². The van der Waals surface area contributed by atoms with Gasteiger partial charge in [0.25, 0.3) is 0 Å². The van der Waals surface area contributed by atoms with E-state index in [1.165, 1.54) is 0 Å². The summed E-state index contributed by atoms with van der Waals surface area (Å²) < 4.78 is 16.7. The summed E-state index contributed by atoms with van der Waals surface area (Å²) in [5.41, 5.74) is 1.76. The molecule has 0 atom stereocenters. The van der Waals surface area contributed by atoms with Crippen molar-refractivity contribution in [2.45, 2.75) is 6.92 Å². The molecule has 0 N–H and O–H groups in total. The third-order valence-electron chi connectivity index (χ3n) is 4.54. The van der Waals surface area contributed by atoms with Crippen LogP contribution in [-0.4, -0.2) is 25.1 Å². The number of fused-ring (bicyclic) bond motifs is 1. The zero-order valence-electron chi connectivity index (χ0n) is 16.6. The summed E-state index contributed by atoms with van der Waals surface area (Å²) in [6.07, 6.45) is 3.35. The summed E-state index contributed by atoms with van der Waals surface area (Å²) in [4.78, 5) is 16.8. The van der Waals surface area contributed by atoms with Crippen LogP contribution in [0.2, 0.25) is 0 Å². The minimum Gasteiger partial charge on any atom is -0.490 e. The third-order valence-corrected chi connectivity index (χ3v) is 4.54. The molecule has 0 unspecified atom stereocenters. The molecule has 0 radical (unpaired) electrons. The summed E-state index contributed by atoms with van der Waals surface area (Å²) in [6, 6.07) is 19.3. The minimum atomic E-state index is -0.483. The van der Waals surface area contributed by atoms with Gasteiger partial charge in [-0.1, -0.05) is 49.1 Å². The molecule has 0 saturated carbocycles. The predicted molar refractivity (Wildman–Crippen MR) is 118 cm³/mol. The second-order valence-corrected chi connectivity index (χ2v) is 6.64. The molecule has 1 aliphatic rings. The van der Waals surface area contributed by atoms with Gasteiger partial charge in [-0.3, -0.25) is 0 Å². The van der Waals surface area contributed by atoms with E-state index in [-0.39, 0.29) is 5.70 Å². The number of esters is 1. The summed E-state index contributed by atoms with van der Waals surface area (Å²) in [5, 5.41) is 2.17. The van der Waals surface area contributed by atoms with E-state index in [0.29, 0.717) is 30.6 Å². The van der Waals surface area contributed by atoms with Crippen molar-refractivity contribution in [2.24, 2.45) is 4.99 Å². The first-order valence-electron chi connectivity index (χ1n) is 9.70. The third kappa shape index (κ3) is 4.10. The molecule has 0 fully saturated rings. The molecule has 0 saturated heterocycles. The number of cyclic esters (lactones) is 1. The lowest BCUT2D eigenvalue weighted by atomic mass is 10.1. The van der Waals surface area contributed by atoms with Crippen molar-refractivity contribution in [1.82, 2.24) is 0 Å². The molecule has 150 valence electrons. The molecule has 3 aromatic rings. The van der Waals surface area contributed by atoms with Gasteiger partial charge in [0.1, 0.15) is 6.61 Å². The molecule has 4 rings (SSSR count). The maximum absolute atomic E-state index is 12.4. The standard InChI is InChI=1S/C25H21NO4/c1-3-13-29-22-12-9-17(15-23(22)28-4-2)14-21-25(27)30-24(26-21)20-11-10-18-7-5-6-8-19(18)16-20/h3,5-12,14-16H,1,4,13H2,2H3. The lowest BCUT2D eigenvalue weighted by Crippen LogP contribution is -2.05. The van der Waals surface area contributed by atoms with E-state index in [0.717, 1.165) is 21.9 Å². The van der Waals surface area contributed by atoms with Crippen LogP contribution in [0.25, 0.3) is 16.8 Å². The van der Waals surface area contributed by atoms with Gasteiger partial charge in [-0.15, -0.1) is 0 Å². The van der Waals surface area contributed by atoms with E-state index < -0.39 is 5.97 Å². The van der Waals surface area contributed by atoms with Crippen LogP contribution in [0.4, 0.5) is 0 Å². The molecule has 0 bridgehead atoms. The molecule has 0 aliphatic carbocycles. The molecule has 0 spiro atoms. The smallest absolute Gasteiger partial charge is 0.363 e. The Labute approximate surface area is 174 Å². The van der Waals surface area contributed by atoms with Crippen LogP contribution in [0.5, 0.6) is 11.5 Å². The molecule has 30 heavy (non-hydrogen) atoms. The normalized spacial score (nSPS) is 14.5. The van der Waals surface area contributed by atoms with E-state index in [1.54, 1.807) is 18.2 Å². The average Bonchev–Trinajstić information content (AvgIpc) is 3.13. The van der Waals surface area contributed by atoms with Crippen molar-refractivity contribution in [1.29, 1.82) is 0 Å². The highest BCUT2D eigenvalue weighted by molar-refractivity contribution is 6.13. The largest absolute Gasteiger partial charge is 0.490 e. The zero-order chi connectivity index (χ0) is 20.9. The Morgan fingerprint density at radius 1 is 1.00 bits per heavy atom. The van der Waals surface area contributed by atoms with E-state index in [4.69, 9.17) is 14.2 Å². The fourth-order valence-electron chi connectivity index (χ4n) is 3.16. The lowest BCUT2D eigenvalue weighted by molar-refractivity contribution is -0.129. The first-order valence-corrected chi connectivity index (χ1v) is 9.70. The van der Waals surface area contributed by atoms with E-state index in [9.17, 15) is 4.79 Å². The van der Waals surface area contributed by atoms with Gasteiger partial charge < -0.3 is 14.2 Å². The van der Waals surface area contributed by atoms with Crippen LogP contribution in [0, 0.1) is 0 Å². The van der Waals surface area contributed by atoms with Crippen LogP contribution in [0.3, 0.4) is 0 Å². The number of rotatable bonds is 7. The fourth-order valence-corrected chi connectivity index (χ4v) is 3.16. The number of ether oxygens (including phenoxy) is 3. The Hall–Kier alpha value is -3.86. The van der Waals surface area contributed by atoms with Crippen molar-refractivity contribution in [3.8, 4) is 11.5 Å². The number of hydrogen-bond donors (Lipinski definition) is 0. The van der Waals surface area contributed by atoms with Crippen LogP contribution in [0.15, 0.2) is 84.0 Å². The number of carbonyl (C=O) groups excluding carboxylic acids is 1. The molecule has 5 nitrogen and oxygen atoms in total. The SMILES string of the molecule is C=CCOc1ccc(C=C2N=C(c3ccc4ccccc4c3)OC2=O)cc1OCC. The summed E-state index contributed by atoms with van der Waals surface area (Å²) in [5.74, 6) is 1.03. The number of benzene rings is 3. The monoisotopic (exact) mass is 399 g/mol. The van der Waals surface area contributed by atoms with E-state index >= 15 is 0 Å². The molecule has 1 aliphatic heterocycles. The highest BCUT2D eigenvalue weighted by Gasteiger charge is 2.24. The van der Waals surface area contributed by atoms with Crippen LogP contribution in [-0.2, 0) is 9.53 Å². The summed E-state index contributed by atoms with van der Waals surface area (Å²) >= 11 is 0. The van der Waals surface area contributed by atoms with Crippen LogP contribution < -0.4 is 9.47 Å². The zero-order valence-corrected chi connectivity index (χ0v) is 16.6. The molecule has 0 amide bonds. The topological polar surface area (TPSA) is 57.1 Å². The highest BCUT2D eigenvalue weighted by Crippen LogP contribution is 2.30. The molecule has 0 aromatic heterocycles. The van der Waals surface area contributed by atoms with E-state index in [1.807, 2.05) is 61.5 Å².